The number of nitrogens with zero attached hydrogens (tertiary/aromatic N) is 5. The molecule has 160 valence electrons. The summed E-state index contributed by atoms with van der Waals surface area (Å²) in [4.78, 5) is 15.7. The van der Waals surface area contributed by atoms with Crippen molar-refractivity contribution in [1.82, 2.24) is 19.7 Å². The van der Waals surface area contributed by atoms with Crippen LogP contribution in [0.2, 0.25) is 0 Å². The van der Waals surface area contributed by atoms with E-state index in [-0.39, 0.29) is 11.4 Å². The first kappa shape index (κ1) is 19.2. The third-order valence-electron chi connectivity index (χ3n) is 8.20. The second-order valence-electron chi connectivity index (χ2n) is 10.6. The van der Waals surface area contributed by atoms with Gasteiger partial charge in [-0.05, 0) is 82.0 Å². The van der Waals surface area contributed by atoms with Crippen LogP contribution >= 0.6 is 11.8 Å². The number of amides is 1. The van der Waals surface area contributed by atoms with E-state index in [1.165, 1.54) is 44.9 Å². The Morgan fingerprint density at radius 3 is 2.33 bits per heavy atom. The molecule has 7 rings (SSSR count). The molecule has 4 bridgehead atoms. The second-order valence-corrected chi connectivity index (χ2v) is 11.5. The van der Waals surface area contributed by atoms with Crippen LogP contribution in [0.15, 0.2) is 5.16 Å². The highest BCUT2D eigenvalue weighted by atomic mass is 32.2. The molecule has 6 saturated carbocycles. The molecule has 30 heavy (non-hydrogen) atoms. The number of carbonyl (C=O) groups is 1. The molecular formula is C23H31N5OS. The number of thioether (sulfide) groups is 1. The summed E-state index contributed by atoms with van der Waals surface area (Å²) in [7, 11) is 0. The number of hydrogen-bond acceptors (Lipinski definition) is 5. The van der Waals surface area contributed by atoms with Gasteiger partial charge in [0.2, 0.25) is 5.91 Å². The van der Waals surface area contributed by atoms with Crippen molar-refractivity contribution in [3.63, 3.8) is 0 Å². The van der Waals surface area contributed by atoms with Crippen molar-refractivity contribution < 1.29 is 4.79 Å². The molecule has 0 radical (unpaired) electrons. The van der Waals surface area contributed by atoms with E-state index in [1.54, 1.807) is 11.8 Å². The van der Waals surface area contributed by atoms with Gasteiger partial charge in [0.05, 0.1) is 18.2 Å². The van der Waals surface area contributed by atoms with E-state index in [1.807, 2.05) is 0 Å². The Balaban J connectivity index is 1.20. The van der Waals surface area contributed by atoms with Crippen LogP contribution in [0.5, 0.6) is 0 Å². The van der Waals surface area contributed by atoms with Crippen molar-refractivity contribution in [1.29, 1.82) is 5.26 Å². The Hall–Kier alpha value is -1.55. The minimum absolute atomic E-state index is 0.0204. The Morgan fingerprint density at radius 2 is 1.77 bits per heavy atom. The van der Waals surface area contributed by atoms with E-state index in [2.05, 4.69) is 25.7 Å². The van der Waals surface area contributed by atoms with E-state index in [4.69, 9.17) is 0 Å². The normalized spacial score (nSPS) is 34.2. The number of hydrogen-bond donors (Lipinski definition) is 0. The van der Waals surface area contributed by atoms with Crippen LogP contribution in [0.3, 0.4) is 0 Å². The lowest BCUT2D eigenvalue weighted by molar-refractivity contribution is -0.147. The zero-order valence-electron chi connectivity index (χ0n) is 17.6. The second kappa shape index (κ2) is 7.25. The number of nitriles is 1. The van der Waals surface area contributed by atoms with Gasteiger partial charge in [-0.2, -0.15) is 5.26 Å². The summed E-state index contributed by atoms with van der Waals surface area (Å²) in [5, 5.41) is 19.1. The zero-order valence-corrected chi connectivity index (χ0v) is 18.4. The smallest absolute Gasteiger partial charge is 0.233 e. The van der Waals surface area contributed by atoms with Gasteiger partial charge in [-0.15, -0.1) is 10.2 Å². The highest BCUT2D eigenvalue weighted by Gasteiger charge is 2.54. The van der Waals surface area contributed by atoms with Crippen LogP contribution in [0.1, 0.15) is 88.4 Å². The summed E-state index contributed by atoms with van der Waals surface area (Å²) in [6.45, 7) is 0.588. The molecule has 0 aliphatic heterocycles. The average molecular weight is 426 g/mol. The Labute approximate surface area is 182 Å². The van der Waals surface area contributed by atoms with Gasteiger partial charge in [-0.1, -0.05) is 11.8 Å². The van der Waals surface area contributed by atoms with Gasteiger partial charge < -0.3 is 9.47 Å². The van der Waals surface area contributed by atoms with Crippen molar-refractivity contribution in [3.05, 3.63) is 5.82 Å². The lowest BCUT2D eigenvalue weighted by atomic mass is 9.52. The maximum atomic E-state index is 13.5. The lowest BCUT2D eigenvalue weighted by Gasteiger charge is -2.60. The fraction of sp³-hybridized carbons (Fsp3) is 0.826. The highest BCUT2D eigenvalue weighted by molar-refractivity contribution is 7.99. The average Bonchev–Trinajstić information content (AvgIpc) is 3.64. The quantitative estimate of drug-likeness (QED) is 0.581. The Kier molecular flexibility index (Phi) is 4.63. The topological polar surface area (TPSA) is 74.8 Å². The van der Waals surface area contributed by atoms with Gasteiger partial charge in [-0.25, -0.2) is 0 Å². The molecule has 0 saturated heterocycles. The molecular weight excluding hydrogens is 394 g/mol. The first-order chi connectivity index (χ1) is 14.6. The van der Waals surface area contributed by atoms with Crippen molar-refractivity contribution in [2.75, 3.05) is 12.3 Å². The molecule has 6 aliphatic carbocycles. The van der Waals surface area contributed by atoms with Gasteiger partial charge in [0.1, 0.15) is 5.82 Å². The summed E-state index contributed by atoms with van der Waals surface area (Å²) in [5.74, 6) is 4.73. The fourth-order valence-electron chi connectivity index (χ4n) is 7.07. The van der Waals surface area contributed by atoms with E-state index < -0.39 is 0 Å². The number of aromatic nitrogens is 3. The zero-order chi connectivity index (χ0) is 20.3. The van der Waals surface area contributed by atoms with Gasteiger partial charge in [0.15, 0.2) is 5.16 Å². The minimum Gasteiger partial charge on any atom is -0.335 e. The van der Waals surface area contributed by atoms with Gasteiger partial charge in [0, 0.05) is 24.0 Å². The first-order valence-electron chi connectivity index (χ1n) is 11.9. The number of rotatable bonds is 8. The molecule has 0 aromatic carbocycles. The standard InChI is InChI=1S/C23H31N5OS/c24-6-1-7-27(23-11-15-8-16(12-23)10-17(9-15)13-23)20(29)14-30-22-26-25-21(18-2-3-18)28(22)19-4-5-19/h15-19H,1-5,7-14H2. The maximum absolute atomic E-state index is 13.5. The van der Waals surface area contributed by atoms with Gasteiger partial charge >= 0.3 is 0 Å². The number of carbonyl (C=O) groups excluding carboxylic acids is 1. The molecule has 0 N–H and O–H groups in total. The van der Waals surface area contributed by atoms with E-state index >= 15 is 0 Å². The summed E-state index contributed by atoms with van der Waals surface area (Å²) < 4.78 is 2.33. The van der Waals surface area contributed by atoms with Gasteiger partial charge in [-0.3, -0.25) is 4.79 Å². The molecule has 0 spiro atoms. The maximum Gasteiger partial charge on any atom is 0.233 e. The molecule has 6 aliphatic rings. The Morgan fingerprint density at radius 1 is 1.10 bits per heavy atom. The van der Waals surface area contributed by atoms with Crippen LogP contribution in [0.4, 0.5) is 0 Å². The van der Waals surface area contributed by atoms with Crippen LogP contribution < -0.4 is 0 Å². The van der Waals surface area contributed by atoms with Crippen LogP contribution in [0, 0.1) is 29.1 Å². The monoisotopic (exact) mass is 425 g/mol. The van der Waals surface area contributed by atoms with Crippen molar-refractivity contribution in [2.24, 2.45) is 17.8 Å². The van der Waals surface area contributed by atoms with Crippen LogP contribution in [0.25, 0.3) is 0 Å². The SMILES string of the molecule is N#CCCN(C(=O)CSc1nnc(C2CC2)n1C1CC1)C12CC3CC(CC(C3)C1)C2. The van der Waals surface area contributed by atoms with E-state index in [0.717, 1.165) is 48.0 Å². The van der Waals surface area contributed by atoms with E-state index in [9.17, 15) is 10.1 Å². The molecule has 1 aromatic rings. The van der Waals surface area contributed by atoms with Crippen LogP contribution in [-0.2, 0) is 4.79 Å². The minimum atomic E-state index is 0.0204. The largest absolute Gasteiger partial charge is 0.335 e. The first-order valence-corrected chi connectivity index (χ1v) is 12.9. The summed E-state index contributed by atoms with van der Waals surface area (Å²) >= 11 is 1.57. The molecule has 1 heterocycles. The lowest BCUT2D eigenvalue weighted by Crippen LogP contribution is -2.62. The molecule has 1 aromatic heterocycles. The predicted molar refractivity (Wildman–Crippen MR) is 114 cm³/mol. The molecule has 6 fully saturated rings. The molecule has 7 heteroatoms. The van der Waals surface area contributed by atoms with Crippen molar-refractivity contribution in [2.45, 2.75) is 93.3 Å². The van der Waals surface area contributed by atoms with Gasteiger partial charge in [0.25, 0.3) is 0 Å². The molecule has 0 atom stereocenters. The summed E-state index contributed by atoms with van der Waals surface area (Å²) in [6.07, 6.45) is 12.9. The fourth-order valence-corrected chi connectivity index (χ4v) is 7.96. The predicted octanol–water partition coefficient (Wildman–Crippen LogP) is 4.29. The summed E-state index contributed by atoms with van der Waals surface area (Å²) in [5.41, 5.74) is 0.0204. The van der Waals surface area contributed by atoms with E-state index in [0.29, 0.717) is 30.7 Å². The third-order valence-corrected chi connectivity index (χ3v) is 9.12. The molecule has 6 nitrogen and oxygen atoms in total. The molecule has 0 unspecified atom stereocenters. The molecule has 1 amide bonds. The summed E-state index contributed by atoms with van der Waals surface area (Å²) in [6, 6.07) is 2.83. The van der Waals surface area contributed by atoms with Crippen molar-refractivity contribution >= 4 is 17.7 Å². The Bertz CT molecular complexity index is 845. The third kappa shape index (κ3) is 3.36. The highest BCUT2D eigenvalue weighted by Crippen LogP contribution is 2.58. The van der Waals surface area contributed by atoms with Crippen molar-refractivity contribution in [3.8, 4) is 6.07 Å². The van der Waals surface area contributed by atoms with Crippen LogP contribution in [-0.4, -0.2) is 43.4 Å².